The molecule has 2 heterocycles. The molecule has 184 valence electrons. The first-order valence-electron chi connectivity index (χ1n) is 12.5. The Hall–Kier alpha value is -1.71. The lowest BCUT2D eigenvalue weighted by atomic mass is 9.49. The van der Waals surface area contributed by atoms with Crippen LogP contribution in [0, 0.1) is 22.6 Å². The Morgan fingerprint density at radius 1 is 0.941 bits per heavy atom. The number of alkyl halides is 3. The summed E-state index contributed by atoms with van der Waals surface area (Å²) in [5, 5.41) is 4.88. The van der Waals surface area contributed by atoms with Crippen LogP contribution in [0.3, 0.4) is 0 Å². The summed E-state index contributed by atoms with van der Waals surface area (Å²) < 4.78 is 47.9. The Morgan fingerprint density at radius 3 is 2.15 bits per heavy atom. The van der Waals surface area contributed by atoms with E-state index in [0.717, 1.165) is 36.7 Å². The highest BCUT2D eigenvalue weighted by molar-refractivity contribution is 7.71. The highest BCUT2D eigenvalue weighted by atomic mass is 32.1. The highest BCUT2D eigenvalue weighted by Gasteiger charge is 2.54. The molecule has 0 N–H and O–H groups in total. The van der Waals surface area contributed by atoms with Gasteiger partial charge in [-0.1, -0.05) is 18.2 Å². The van der Waals surface area contributed by atoms with E-state index in [1.165, 1.54) is 50.7 Å². The molecule has 0 radical (unpaired) electrons. The maximum Gasteiger partial charge on any atom is 0.416 e. The normalized spacial score (nSPS) is 31.9. The average molecular weight is 493 g/mol. The summed E-state index contributed by atoms with van der Waals surface area (Å²) in [7, 11) is 0. The predicted octanol–water partition coefficient (Wildman–Crippen LogP) is 5.47. The van der Waals surface area contributed by atoms with Crippen LogP contribution in [0.1, 0.15) is 55.5 Å². The van der Waals surface area contributed by atoms with E-state index in [0.29, 0.717) is 36.7 Å². The van der Waals surface area contributed by atoms with E-state index in [1.54, 1.807) is 12.1 Å². The molecule has 0 unspecified atom stereocenters. The maximum atomic E-state index is 13.3. The van der Waals surface area contributed by atoms with Crippen molar-refractivity contribution < 1.29 is 17.6 Å². The molecule has 4 bridgehead atoms. The van der Waals surface area contributed by atoms with Crippen LogP contribution < -0.4 is 0 Å². The standard InChI is InChI=1S/C25H31F3N4OS/c26-25(27,28)21-4-2-1-3-20(21)15-30-5-7-31(8-6-30)16-32-23(34)33-22(29-32)24-12-17-9-18(13-24)11-19(10-17)14-24/h1-4,17-19H,5-16H2. The van der Waals surface area contributed by atoms with Gasteiger partial charge in [-0.05, 0) is 80.1 Å². The Labute approximate surface area is 202 Å². The van der Waals surface area contributed by atoms with E-state index in [-0.39, 0.29) is 5.41 Å². The van der Waals surface area contributed by atoms with Gasteiger partial charge < -0.3 is 4.42 Å². The minimum atomic E-state index is -4.32. The van der Waals surface area contributed by atoms with Crippen LogP contribution in [-0.4, -0.2) is 45.8 Å². The molecule has 1 aromatic heterocycles. The fourth-order valence-electron chi connectivity index (χ4n) is 7.44. The van der Waals surface area contributed by atoms with Crippen molar-refractivity contribution in [1.82, 2.24) is 19.6 Å². The van der Waals surface area contributed by atoms with Crippen LogP contribution in [0.5, 0.6) is 0 Å². The van der Waals surface area contributed by atoms with Gasteiger partial charge in [-0.25, -0.2) is 4.68 Å². The van der Waals surface area contributed by atoms with E-state index >= 15 is 0 Å². The van der Waals surface area contributed by atoms with Crippen molar-refractivity contribution in [2.45, 2.75) is 63.3 Å². The van der Waals surface area contributed by atoms with Crippen LogP contribution in [0.2, 0.25) is 0 Å². The summed E-state index contributed by atoms with van der Waals surface area (Å²) >= 11 is 5.55. The van der Waals surface area contributed by atoms with Gasteiger partial charge in [0.25, 0.3) is 4.84 Å². The van der Waals surface area contributed by atoms with Crippen molar-refractivity contribution in [3.63, 3.8) is 0 Å². The Bertz CT molecular complexity index is 1070. The molecule has 5 nitrogen and oxygen atoms in total. The number of aromatic nitrogens is 2. The number of halogens is 3. The van der Waals surface area contributed by atoms with Gasteiger partial charge in [-0.3, -0.25) is 9.80 Å². The third kappa shape index (κ3) is 4.24. The van der Waals surface area contributed by atoms with Gasteiger partial charge in [-0.15, -0.1) is 5.10 Å². The minimum Gasteiger partial charge on any atom is -0.413 e. The van der Waals surface area contributed by atoms with Crippen LogP contribution >= 0.6 is 12.2 Å². The van der Waals surface area contributed by atoms with Gasteiger partial charge in [0.15, 0.2) is 0 Å². The lowest BCUT2D eigenvalue weighted by molar-refractivity contribution is -0.138. The van der Waals surface area contributed by atoms with Crippen molar-refractivity contribution in [3.05, 3.63) is 46.1 Å². The molecule has 0 spiro atoms. The summed E-state index contributed by atoms with van der Waals surface area (Å²) in [5.41, 5.74) is -0.121. The number of rotatable bonds is 5. The highest BCUT2D eigenvalue weighted by Crippen LogP contribution is 2.60. The molecule has 34 heavy (non-hydrogen) atoms. The second kappa shape index (κ2) is 8.45. The molecule has 9 heteroatoms. The topological polar surface area (TPSA) is 37.4 Å². The van der Waals surface area contributed by atoms with Crippen LogP contribution in [0.15, 0.2) is 28.7 Å². The third-order valence-corrected chi connectivity index (χ3v) is 8.91. The quantitative estimate of drug-likeness (QED) is 0.518. The SMILES string of the molecule is FC(F)(F)c1ccccc1CN1CCN(Cn2nc(C34CC5CC(CC(C5)C3)C4)oc2=S)CC1. The Morgan fingerprint density at radius 2 is 1.53 bits per heavy atom. The van der Waals surface area contributed by atoms with Gasteiger partial charge in [0.2, 0.25) is 5.89 Å². The molecule has 7 rings (SSSR count). The van der Waals surface area contributed by atoms with Gasteiger partial charge >= 0.3 is 6.18 Å². The Kier molecular flexibility index (Phi) is 5.65. The number of piperazine rings is 1. The van der Waals surface area contributed by atoms with Crippen molar-refractivity contribution in [2.75, 3.05) is 26.2 Å². The molecular formula is C25H31F3N4OS. The molecule has 1 saturated heterocycles. The molecular weight excluding hydrogens is 461 g/mol. The number of hydrogen-bond acceptors (Lipinski definition) is 5. The van der Waals surface area contributed by atoms with Crippen LogP contribution in [0.4, 0.5) is 13.2 Å². The predicted molar refractivity (Wildman–Crippen MR) is 123 cm³/mol. The van der Waals surface area contributed by atoms with E-state index in [1.807, 2.05) is 4.68 Å². The molecule has 4 saturated carbocycles. The average Bonchev–Trinajstić information content (AvgIpc) is 3.15. The molecule has 4 aliphatic carbocycles. The molecule has 0 amide bonds. The third-order valence-electron chi connectivity index (χ3n) is 8.61. The molecule has 5 fully saturated rings. The first kappa shape index (κ1) is 22.7. The lowest BCUT2D eigenvalue weighted by Crippen LogP contribution is -2.49. The van der Waals surface area contributed by atoms with Gasteiger partial charge in [-0.2, -0.15) is 13.2 Å². The van der Waals surface area contributed by atoms with E-state index in [2.05, 4.69) is 9.80 Å². The second-order valence-corrected chi connectivity index (χ2v) is 11.4. The monoisotopic (exact) mass is 492 g/mol. The minimum absolute atomic E-state index is 0.0815. The smallest absolute Gasteiger partial charge is 0.413 e. The first-order valence-corrected chi connectivity index (χ1v) is 12.9. The number of benzene rings is 1. The molecule has 1 aliphatic heterocycles. The number of hydrogen-bond donors (Lipinski definition) is 0. The fraction of sp³-hybridized carbons (Fsp3) is 0.680. The molecule has 5 aliphatic rings. The van der Waals surface area contributed by atoms with Gasteiger partial charge in [0, 0.05) is 38.1 Å². The second-order valence-electron chi connectivity index (χ2n) is 11.1. The van der Waals surface area contributed by atoms with E-state index in [9.17, 15) is 13.2 Å². The maximum absolute atomic E-state index is 13.3. The summed E-state index contributed by atoms with van der Waals surface area (Å²) in [6.07, 6.45) is 3.36. The van der Waals surface area contributed by atoms with E-state index < -0.39 is 11.7 Å². The largest absolute Gasteiger partial charge is 0.416 e. The molecule has 1 aromatic carbocycles. The Balaban J connectivity index is 1.09. The first-order chi connectivity index (χ1) is 16.3. The van der Waals surface area contributed by atoms with Crippen molar-refractivity contribution in [2.24, 2.45) is 17.8 Å². The zero-order valence-electron chi connectivity index (χ0n) is 19.3. The fourth-order valence-corrected chi connectivity index (χ4v) is 7.61. The molecule has 0 atom stereocenters. The molecule has 2 aromatic rings. The zero-order valence-corrected chi connectivity index (χ0v) is 20.1. The van der Waals surface area contributed by atoms with Crippen molar-refractivity contribution in [3.8, 4) is 0 Å². The summed E-state index contributed by atoms with van der Waals surface area (Å²) in [5.74, 6) is 3.29. The van der Waals surface area contributed by atoms with Crippen molar-refractivity contribution >= 4 is 12.2 Å². The number of nitrogens with zero attached hydrogens (tertiary/aromatic N) is 4. The van der Waals surface area contributed by atoms with Crippen molar-refractivity contribution in [1.29, 1.82) is 0 Å². The zero-order chi connectivity index (χ0) is 23.5. The van der Waals surface area contributed by atoms with Gasteiger partial charge in [0.1, 0.15) is 0 Å². The lowest BCUT2D eigenvalue weighted by Gasteiger charge is -2.55. The van der Waals surface area contributed by atoms with Crippen LogP contribution in [-0.2, 0) is 24.8 Å². The summed E-state index contributed by atoms with van der Waals surface area (Å²) in [4.78, 5) is 4.78. The van der Waals surface area contributed by atoms with Gasteiger partial charge in [0.05, 0.1) is 12.2 Å². The summed E-state index contributed by atoms with van der Waals surface area (Å²) in [6, 6.07) is 5.87. The van der Waals surface area contributed by atoms with Crippen LogP contribution in [0.25, 0.3) is 0 Å². The van der Waals surface area contributed by atoms with E-state index in [4.69, 9.17) is 21.7 Å². The summed E-state index contributed by atoms with van der Waals surface area (Å²) in [6.45, 7) is 3.81.